The van der Waals surface area contributed by atoms with E-state index in [4.69, 9.17) is 9.15 Å². The third kappa shape index (κ3) is 5.41. The number of fused-ring (bicyclic) bond motifs is 1. The minimum Gasteiger partial charge on any atom is -0.484 e. The summed E-state index contributed by atoms with van der Waals surface area (Å²) < 4.78 is 10.3. The second kappa shape index (κ2) is 9.32. The topological polar surface area (TPSA) is 136 Å². The maximum absolute atomic E-state index is 12.0. The van der Waals surface area contributed by atoms with Crippen molar-refractivity contribution in [1.29, 1.82) is 0 Å². The molecule has 2 N–H and O–H groups in total. The highest BCUT2D eigenvalue weighted by Crippen LogP contribution is 2.20. The van der Waals surface area contributed by atoms with Gasteiger partial charge in [-0.3, -0.25) is 19.7 Å². The fourth-order valence-corrected chi connectivity index (χ4v) is 2.52. The van der Waals surface area contributed by atoms with Crippen molar-refractivity contribution in [2.24, 2.45) is 5.10 Å². The molecule has 0 radical (unpaired) electrons. The molecule has 0 bridgehead atoms. The van der Waals surface area contributed by atoms with E-state index < -0.39 is 28.7 Å². The van der Waals surface area contributed by atoms with Crippen LogP contribution >= 0.6 is 0 Å². The molecule has 30 heavy (non-hydrogen) atoms. The minimum absolute atomic E-state index is 0.0995. The van der Waals surface area contributed by atoms with Crippen molar-refractivity contribution >= 4 is 34.7 Å². The lowest BCUT2D eigenvalue weighted by atomic mass is 10.1. The Morgan fingerprint density at radius 2 is 1.97 bits per heavy atom. The molecule has 3 rings (SSSR count). The Morgan fingerprint density at radius 3 is 2.70 bits per heavy atom. The summed E-state index contributed by atoms with van der Waals surface area (Å²) in [6.45, 7) is 1.23. The van der Waals surface area contributed by atoms with Gasteiger partial charge in [0.1, 0.15) is 16.7 Å². The molecule has 0 aliphatic rings. The summed E-state index contributed by atoms with van der Waals surface area (Å²) in [6.07, 6.45) is 1.11. The zero-order valence-electron chi connectivity index (χ0n) is 15.9. The average molecular weight is 410 g/mol. The number of hydrogen-bond donors (Lipinski definition) is 2. The Morgan fingerprint density at radius 1 is 1.20 bits per heavy atom. The van der Waals surface area contributed by atoms with Crippen LogP contribution in [0.1, 0.15) is 12.7 Å². The summed E-state index contributed by atoms with van der Waals surface area (Å²) in [5, 5.41) is 18.7. The number of nitrogens with zero attached hydrogens (tertiary/aromatic N) is 2. The second-order valence-electron chi connectivity index (χ2n) is 6.25. The first kappa shape index (κ1) is 20.5. The van der Waals surface area contributed by atoms with E-state index in [-0.39, 0.29) is 12.4 Å². The second-order valence-corrected chi connectivity index (χ2v) is 6.25. The number of rotatable bonds is 8. The Bertz CT molecular complexity index is 1110. The van der Waals surface area contributed by atoms with Crippen molar-refractivity contribution in [3.05, 3.63) is 70.5 Å². The Balaban J connectivity index is 1.44. The van der Waals surface area contributed by atoms with Crippen LogP contribution in [0, 0.1) is 10.1 Å². The van der Waals surface area contributed by atoms with E-state index in [2.05, 4.69) is 15.8 Å². The molecule has 10 heteroatoms. The summed E-state index contributed by atoms with van der Waals surface area (Å²) in [4.78, 5) is 33.9. The number of benzene rings is 2. The third-order valence-corrected chi connectivity index (χ3v) is 4.02. The van der Waals surface area contributed by atoms with Crippen LogP contribution in [0.2, 0.25) is 0 Å². The SMILES string of the molecule is C[C@@H](NC(=O)COc1ccc2ccccc2c1)C(=O)N/N=C\c1ccc([N+](=O)[O-])o1. The van der Waals surface area contributed by atoms with Gasteiger partial charge in [-0.2, -0.15) is 5.10 Å². The molecule has 1 atom stereocenters. The zero-order valence-corrected chi connectivity index (χ0v) is 15.9. The quantitative estimate of drug-likeness (QED) is 0.332. The fraction of sp³-hybridized carbons (Fsp3) is 0.150. The van der Waals surface area contributed by atoms with E-state index in [1.807, 2.05) is 36.4 Å². The van der Waals surface area contributed by atoms with Gasteiger partial charge in [-0.25, -0.2) is 5.43 Å². The van der Waals surface area contributed by atoms with E-state index in [1.165, 1.54) is 19.1 Å². The monoisotopic (exact) mass is 410 g/mol. The van der Waals surface area contributed by atoms with Crippen molar-refractivity contribution in [1.82, 2.24) is 10.7 Å². The van der Waals surface area contributed by atoms with Gasteiger partial charge in [0.25, 0.3) is 11.8 Å². The Hall–Kier alpha value is -4.21. The summed E-state index contributed by atoms with van der Waals surface area (Å²) >= 11 is 0. The van der Waals surface area contributed by atoms with E-state index >= 15 is 0 Å². The lowest BCUT2D eigenvalue weighted by Gasteiger charge is -2.13. The van der Waals surface area contributed by atoms with Crippen molar-refractivity contribution in [3.63, 3.8) is 0 Å². The van der Waals surface area contributed by atoms with Crippen LogP contribution in [0.15, 0.2) is 64.1 Å². The molecule has 0 fully saturated rings. The first-order valence-electron chi connectivity index (χ1n) is 8.90. The number of amides is 2. The van der Waals surface area contributed by atoms with Gasteiger partial charge in [0.15, 0.2) is 12.4 Å². The van der Waals surface area contributed by atoms with Gasteiger partial charge in [0.2, 0.25) is 0 Å². The number of hydrogen-bond acceptors (Lipinski definition) is 7. The average Bonchev–Trinajstić information content (AvgIpc) is 3.21. The molecule has 0 saturated heterocycles. The summed E-state index contributed by atoms with van der Waals surface area (Å²) in [5.41, 5.74) is 2.21. The number of carbonyl (C=O) groups is 2. The highest BCUT2D eigenvalue weighted by molar-refractivity contribution is 5.88. The molecule has 2 aromatic carbocycles. The van der Waals surface area contributed by atoms with Crippen molar-refractivity contribution in [3.8, 4) is 5.75 Å². The maximum atomic E-state index is 12.0. The number of nitrogens with one attached hydrogen (secondary N) is 2. The van der Waals surface area contributed by atoms with Crippen molar-refractivity contribution < 1.29 is 23.7 Å². The van der Waals surface area contributed by atoms with E-state index in [0.29, 0.717) is 5.75 Å². The summed E-state index contributed by atoms with van der Waals surface area (Å²) in [7, 11) is 0. The van der Waals surface area contributed by atoms with E-state index in [9.17, 15) is 19.7 Å². The molecule has 0 unspecified atom stereocenters. The fourth-order valence-electron chi connectivity index (χ4n) is 2.52. The van der Waals surface area contributed by atoms with Gasteiger partial charge in [0, 0.05) is 0 Å². The largest absolute Gasteiger partial charge is 0.484 e. The number of hydrazone groups is 1. The highest BCUT2D eigenvalue weighted by atomic mass is 16.6. The third-order valence-electron chi connectivity index (χ3n) is 4.02. The zero-order chi connectivity index (χ0) is 21.5. The first-order chi connectivity index (χ1) is 14.4. The van der Waals surface area contributed by atoms with Crippen LogP contribution in [0.3, 0.4) is 0 Å². The highest BCUT2D eigenvalue weighted by Gasteiger charge is 2.16. The van der Waals surface area contributed by atoms with Crippen LogP contribution in [0.4, 0.5) is 5.88 Å². The van der Waals surface area contributed by atoms with Crippen LogP contribution in [-0.4, -0.2) is 35.6 Å². The molecular formula is C20H18N4O6. The van der Waals surface area contributed by atoms with Gasteiger partial charge < -0.3 is 14.5 Å². The molecule has 2 amide bonds. The molecule has 0 aliphatic heterocycles. The van der Waals surface area contributed by atoms with Gasteiger partial charge in [-0.15, -0.1) is 0 Å². The number of ether oxygens (including phenoxy) is 1. The van der Waals surface area contributed by atoms with Gasteiger partial charge in [-0.05, 0) is 35.9 Å². The van der Waals surface area contributed by atoms with Crippen LogP contribution in [-0.2, 0) is 9.59 Å². The molecule has 0 saturated carbocycles. The summed E-state index contributed by atoms with van der Waals surface area (Å²) in [5.74, 6) is -0.849. The van der Waals surface area contributed by atoms with Gasteiger partial charge in [-0.1, -0.05) is 30.3 Å². The molecule has 0 aliphatic carbocycles. The van der Waals surface area contributed by atoms with E-state index in [1.54, 1.807) is 6.07 Å². The van der Waals surface area contributed by atoms with Crippen LogP contribution < -0.4 is 15.5 Å². The summed E-state index contributed by atoms with van der Waals surface area (Å²) in [6, 6.07) is 14.9. The molecule has 1 heterocycles. The standard InChI is InChI=1S/C20H18N4O6/c1-13(20(26)23-21-11-17-8-9-19(30-17)24(27)28)22-18(25)12-29-16-7-6-14-4-2-3-5-15(14)10-16/h2-11,13H,12H2,1H3,(H,22,25)(H,23,26)/b21-11-/t13-/m1/s1. The molecule has 10 nitrogen and oxygen atoms in total. The van der Waals surface area contributed by atoms with Crippen molar-refractivity contribution in [2.75, 3.05) is 6.61 Å². The normalized spacial score (nSPS) is 11.9. The smallest absolute Gasteiger partial charge is 0.433 e. The number of furan rings is 1. The Labute approximate surface area is 170 Å². The van der Waals surface area contributed by atoms with Crippen LogP contribution in [0.25, 0.3) is 10.8 Å². The lowest BCUT2D eigenvalue weighted by molar-refractivity contribution is -0.402. The minimum atomic E-state index is -0.874. The van der Waals surface area contributed by atoms with E-state index in [0.717, 1.165) is 17.0 Å². The number of nitro groups is 1. The molecule has 154 valence electrons. The predicted molar refractivity (Wildman–Crippen MR) is 108 cm³/mol. The maximum Gasteiger partial charge on any atom is 0.433 e. The lowest BCUT2D eigenvalue weighted by Crippen LogP contribution is -2.45. The first-order valence-corrected chi connectivity index (χ1v) is 8.90. The Kier molecular flexibility index (Phi) is 6.38. The van der Waals surface area contributed by atoms with Gasteiger partial charge >= 0.3 is 5.88 Å². The number of carbonyl (C=O) groups excluding carboxylic acids is 2. The molecule has 3 aromatic rings. The van der Waals surface area contributed by atoms with Gasteiger partial charge in [0.05, 0.1) is 12.3 Å². The molecule has 0 spiro atoms. The molecule has 1 aromatic heterocycles. The predicted octanol–water partition coefficient (Wildman–Crippen LogP) is 2.37. The van der Waals surface area contributed by atoms with Crippen LogP contribution in [0.5, 0.6) is 5.75 Å². The van der Waals surface area contributed by atoms with Crippen molar-refractivity contribution in [2.45, 2.75) is 13.0 Å². The molecular weight excluding hydrogens is 392 g/mol.